The smallest absolute Gasteiger partial charge is 0.256 e. The topological polar surface area (TPSA) is 98.2 Å². The number of benzene rings is 2. The van der Waals surface area contributed by atoms with Crippen molar-refractivity contribution in [1.82, 2.24) is 20.1 Å². The van der Waals surface area contributed by atoms with Crippen LogP contribution >= 0.6 is 0 Å². The molecule has 0 radical (unpaired) electrons. The van der Waals surface area contributed by atoms with Crippen LogP contribution < -0.4 is 15.8 Å². The zero-order valence-corrected chi connectivity index (χ0v) is 17.1. The minimum absolute atomic E-state index is 0.140. The maximum absolute atomic E-state index is 13.9. The first-order valence-corrected chi connectivity index (χ1v) is 10.3. The molecule has 0 bridgehead atoms. The number of nitrogen functional groups attached to an aromatic ring is 1. The van der Waals surface area contributed by atoms with Gasteiger partial charge in [-0.3, -0.25) is 0 Å². The van der Waals surface area contributed by atoms with Crippen molar-refractivity contribution in [2.75, 3.05) is 18.8 Å². The number of nitrogens with one attached hydrogen (secondary N) is 1. The fourth-order valence-electron chi connectivity index (χ4n) is 4.19. The van der Waals surface area contributed by atoms with E-state index in [2.05, 4.69) is 15.5 Å². The maximum Gasteiger partial charge on any atom is 0.256 e. The van der Waals surface area contributed by atoms with E-state index in [1.54, 1.807) is 24.3 Å². The fourth-order valence-corrected chi connectivity index (χ4v) is 4.19. The Morgan fingerprint density at radius 1 is 1.09 bits per heavy atom. The largest absolute Gasteiger partial charge is 0.491 e. The monoisotopic (exact) mass is 437 g/mol. The molecule has 0 amide bonds. The molecule has 5 rings (SSSR count). The van der Waals surface area contributed by atoms with E-state index in [0.29, 0.717) is 10.9 Å². The molecular formula is C23H21F2N5O2. The SMILES string of the molecule is Nc1nnc(O)c2c1c(-c1ccc(Oc3c(F)cccc3F)cc1)cn2[C@@H]1CCCNC1. The number of nitrogens with two attached hydrogens (primary N) is 1. The van der Waals surface area contributed by atoms with Gasteiger partial charge in [0.05, 0.1) is 5.39 Å². The summed E-state index contributed by atoms with van der Waals surface area (Å²) in [4.78, 5) is 0. The van der Waals surface area contributed by atoms with Crippen molar-refractivity contribution in [3.8, 4) is 28.5 Å². The highest BCUT2D eigenvalue weighted by Gasteiger charge is 2.24. The lowest BCUT2D eigenvalue weighted by molar-refractivity contribution is 0.374. The molecule has 1 aliphatic rings. The van der Waals surface area contributed by atoms with E-state index in [4.69, 9.17) is 10.5 Å². The molecule has 1 aliphatic heterocycles. The van der Waals surface area contributed by atoms with Gasteiger partial charge in [0.25, 0.3) is 5.88 Å². The van der Waals surface area contributed by atoms with Crippen LogP contribution in [-0.2, 0) is 0 Å². The first-order valence-electron chi connectivity index (χ1n) is 10.3. The number of halogens is 2. The van der Waals surface area contributed by atoms with E-state index in [0.717, 1.165) is 49.2 Å². The van der Waals surface area contributed by atoms with Gasteiger partial charge in [0.2, 0.25) is 0 Å². The van der Waals surface area contributed by atoms with Gasteiger partial charge in [-0.1, -0.05) is 18.2 Å². The van der Waals surface area contributed by atoms with Gasteiger partial charge in [-0.2, -0.15) is 0 Å². The second kappa shape index (κ2) is 8.08. The van der Waals surface area contributed by atoms with Gasteiger partial charge in [-0.05, 0) is 49.2 Å². The summed E-state index contributed by atoms with van der Waals surface area (Å²) in [5, 5.41) is 22.1. The van der Waals surface area contributed by atoms with Gasteiger partial charge in [-0.25, -0.2) is 8.78 Å². The van der Waals surface area contributed by atoms with Crippen LogP contribution in [0.2, 0.25) is 0 Å². The Morgan fingerprint density at radius 3 is 2.53 bits per heavy atom. The molecular weight excluding hydrogens is 416 g/mol. The summed E-state index contributed by atoms with van der Waals surface area (Å²) in [5.74, 6) is -1.69. The first kappa shape index (κ1) is 20.2. The Labute approximate surface area is 182 Å². The molecule has 0 saturated carbocycles. The third kappa shape index (κ3) is 3.50. The predicted octanol–water partition coefficient (Wildman–Crippen LogP) is 4.38. The van der Waals surface area contributed by atoms with Crippen LogP contribution in [-0.4, -0.2) is 33.0 Å². The summed E-state index contributed by atoms with van der Waals surface area (Å²) in [6, 6.07) is 10.5. The number of aromatic hydroxyl groups is 1. The van der Waals surface area contributed by atoms with E-state index in [-0.39, 0.29) is 23.5 Å². The molecule has 7 nitrogen and oxygen atoms in total. The summed E-state index contributed by atoms with van der Waals surface area (Å²) in [5.41, 5.74) is 8.25. The molecule has 32 heavy (non-hydrogen) atoms. The summed E-state index contributed by atoms with van der Waals surface area (Å²) in [6.07, 6.45) is 3.92. The number of fused-ring (bicyclic) bond motifs is 1. The predicted molar refractivity (Wildman–Crippen MR) is 117 cm³/mol. The summed E-state index contributed by atoms with van der Waals surface area (Å²) < 4.78 is 35.2. The van der Waals surface area contributed by atoms with Crippen LogP contribution in [0.3, 0.4) is 0 Å². The lowest BCUT2D eigenvalue weighted by atomic mass is 10.1. The highest BCUT2D eigenvalue weighted by atomic mass is 19.1. The Kier molecular flexibility index (Phi) is 5.10. The lowest BCUT2D eigenvalue weighted by Crippen LogP contribution is -2.31. The van der Waals surface area contributed by atoms with Crippen molar-refractivity contribution in [2.24, 2.45) is 0 Å². The lowest BCUT2D eigenvalue weighted by Gasteiger charge is -2.25. The van der Waals surface area contributed by atoms with Gasteiger partial charge >= 0.3 is 0 Å². The third-order valence-electron chi connectivity index (χ3n) is 5.72. The number of nitrogens with zero attached hydrogens (tertiary/aromatic N) is 3. The number of para-hydroxylation sites is 1. The Bertz CT molecular complexity index is 1260. The van der Waals surface area contributed by atoms with Gasteiger partial charge in [-0.15, -0.1) is 10.2 Å². The van der Waals surface area contributed by atoms with Crippen molar-refractivity contribution in [1.29, 1.82) is 0 Å². The van der Waals surface area contributed by atoms with Crippen molar-refractivity contribution in [2.45, 2.75) is 18.9 Å². The molecule has 0 unspecified atom stereocenters. The minimum atomic E-state index is -0.778. The van der Waals surface area contributed by atoms with Crippen LogP contribution in [0, 0.1) is 11.6 Å². The fraction of sp³-hybridized carbons (Fsp3) is 0.217. The van der Waals surface area contributed by atoms with E-state index >= 15 is 0 Å². The molecule has 1 fully saturated rings. The van der Waals surface area contributed by atoms with Crippen molar-refractivity contribution in [3.63, 3.8) is 0 Å². The highest BCUT2D eigenvalue weighted by molar-refractivity contribution is 6.04. The van der Waals surface area contributed by atoms with E-state index in [9.17, 15) is 13.9 Å². The molecule has 1 atom stereocenters. The molecule has 0 spiro atoms. The normalized spacial score (nSPS) is 16.4. The van der Waals surface area contributed by atoms with Crippen molar-refractivity contribution >= 4 is 16.7 Å². The van der Waals surface area contributed by atoms with E-state index < -0.39 is 17.4 Å². The van der Waals surface area contributed by atoms with Gasteiger partial charge in [0.1, 0.15) is 11.3 Å². The third-order valence-corrected chi connectivity index (χ3v) is 5.72. The van der Waals surface area contributed by atoms with Gasteiger partial charge < -0.3 is 25.5 Å². The number of ether oxygens (including phenoxy) is 1. The van der Waals surface area contributed by atoms with Crippen LogP contribution in [0.4, 0.5) is 14.6 Å². The second-order valence-corrected chi connectivity index (χ2v) is 7.76. The summed E-state index contributed by atoms with van der Waals surface area (Å²) in [7, 11) is 0. The molecule has 9 heteroatoms. The summed E-state index contributed by atoms with van der Waals surface area (Å²) in [6.45, 7) is 1.73. The summed E-state index contributed by atoms with van der Waals surface area (Å²) >= 11 is 0. The highest BCUT2D eigenvalue weighted by Crippen LogP contribution is 2.40. The number of anilines is 1. The van der Waals surface area contributed by atoms with Crippen molar-refractivity contribution < 1.29 is 18.6 Å². The molecule has 0 aliphatic carbocycles. The quantitative estimate of drug-likeness (QED) is 0.438. The van der Waals surface area contributed by atoms with E-state index in [1.807, 2.05) is 10.8 Å². The average Bonchev–Trinajstić information content (AvgIpc) is 3.22. The molecule has 164 valence electrons. The standard InChI is InChI=1S/C23H21F2N5O2/c24-17-4-1-5-18(25)21(17)32-15-8-6-13(7-9-15)16-12-30(14-3-2-10-27-11-14)20-19(16)22(26)28-29-23(20)31/h1,4-9,12,14,27H,2-3,10-11H2,(H2,26,28)(H,29,31)/t14-/m1/s1. The molecule has 4 aromatic rings. The van der Waals surface area contributed by atoms with Crippen LogP contribution in [0.5, 0.6) is 17.4 Å². The zero-order valence-electron chi connectivity index (χ0n) is 17.1. The van der Waals surface area contributed by atoms with E-state index in [1.165, 1.54) is 6.07 Å². The molecule has 2 aromatic carbocycles. The zero-order chi connectivity index (χ0) is 22.2. The van der Waals surface area contributed by atoms with Gasteiger partial charge in [0, 0.05) is 24.3 Å². The van der Waals surface area contributed by atoms with Crippen molar-refractivity contribution in [3.05, 3.63) is 60.3 Å². The Balaban J connectivity index is 1.55. The number of hydrogen-bond donors (Lipinski definition) is 3. The minimum Gasteiger partial charge on any atom is -0.491 e. The Hall–Kier alpha value is -3.72. The maximum atomic E-state index is 13.9. The second-order valence-electron chi connectivity index (χ2n) is 7.76. The van der Waals surface area contributed by atoms with Crippen LogP contribution in [0.25, 0.3) is 22.0 Å². The number of piperidine rings is 1. The number of rotatable bonds is 4. The molecule has 2 aromatic heterocycles. The average molecular weight is 437 g/mol. The molecule has 3 heterocycles. The van der Waals surface area contributed by atoms with Gasteiger partial charge in [0.15, 0.2) is 23.2 Å². The number of hydrogen-bond acceptors (Lipinski definition) is 6. The molecule has 4 N–H and O–H groups in total. The van der Waals surface area contributed by atoms with Crippen LogP contribution in [0.1, 0.15) is 18.9 Å². The number of aromatic nitrogens is 3. The first-order chi connectivity index (χ1) is 15.5. The van der Waals surface area contributed by atoms with Crippen LogP contribution in [0.15, 0.2) is 48.7 Å². The Morgan fingerprint density at radius 2 is 1.84 bits per heavy atom. The molecule has 1 saturated heterocycles.